The molecule has 6 heteroatoms. The molecule has 0 bridgehead atoms. The van der Waals surface area contributed by atoms with Gasteiger partial charge >= 0.3 is 0 Å². The highest BCUT2D eigenvalue weighted by molar-refractivity contribution is 9.10. The molecule has 0 amide bonds. The fourth-order valence-corrected chi connectivity index (χ4v) is 1.70. The van der Waals surface area contributed by atoms with E-state index in [-0.39, 0.29) is 0 Å². The first-order chi connectivity index (χ1) is 6.79. The number of nitrogens with one attached hydrogen (secondary N) is 1. The van der Waals surface area contributed by atoms with Gasteiger partial charge in [-0.3, -0.25) is 4.98 Å². The maximum Gasteiger partial charge on any atom is 0.202 e. The van der Waals surface area contributed by atoms with E-state index in [0.29, 0.717) is 5.82 Å². The maximum atomic E-state index is 4.25. The summed E-state index contributed by atoms with van der Waals surface area (Å²) in [6.07, 6.45) is 1.73. The van der Waals surface area contributed by atoms with E-state index in [9.17, 15) is 0 Å². The van der Waals surface area contributed by atoms with E-state index in [4.69, 9.17) is 0 Å². The highest BCUT2D eigenvalue weighted by Gasteiger charge is 2.05. The van der Waals surface area contributed by atoms with Gasteiger partial charge in [-0.1, -0.05) is 0 Å². The van der Waals surface area contributed by atoms with Crippen molar-refractivity contribution < 1.29 is 0 Å². The minimum atomic E-state index is 0.659. The van der Waals surface area contributed by atoms with E-state index in [2.05, 4.69) is 35.6 Å². The summed E-state index contributed by atoms with van der Waals surface area (Å²) < 4.78 is 5.13. The third kappa shape index (κ3) is 1.91. The number of nitrogens with zero attached hydrogens (tertiary/aromatic N) is 3. The Balaban J connectivity index is 2.34. The summed E-state index contributed by atoms with van der Waals surface area (Å²) in [5.41, 5.74) is 0.783. The third-order valence-electron chi connectivity index (χ3n) is 1.60. The minimum Gasteiger partial charge on any atom is -0.363 e. The predicted octanol–water partition coefficient (Wildman–Crippen LogP) is 2.40. The third-order valence-corrected chi connectivity index (χ3v) is 2.80. The minimum absolute atomic E-state index is 0.659. The second-order valence-corrected chi connectivity index (χ2v) is 4.20. The van der Waals surface area contributed by atoms with Gasteiger partial charge in [0, 0.05) is 29.2 Å². The zero-order valence-electron chi connectivity index (χ0n) is 7.36. The van der Waals surface area contributed by atoms with Crippen molar-refractivity contribution in [2.24, 2.45) is 0 Å². The summed E-state index contributed by atoms with van der Waals surface area (Å²) in [7, 11) is 1.82. The zero-order chi connectivity index (χ0) is 9.97. The van der Waals surface area contributed by atoms with E-state index in [1.165, 1.54) is 11.5 Å². The van der Waals surface area contributed by atoms with Gasteiger partial charge in [-0.2, -0.15) is 9.36 Å². The Hall–Kier alpha value is -1.01. The summed E-state index contributed by atoms with van der Waals surface area (Å²) in [4.78, 5) is 8.45. The number of pyridine rings is 1. The second kappa shape index (κ2) is 4.02. The standard InChI is InChI=1S/C8H7BrN4S/c1-10-8-12-7(13-14-8)6-3-2-5(9)4-11-6/h2-4H,1H3,(H,10,12,13). The molecule has 2 rings (SSSR count). The molecule has 0 unspecified atom stereocenters. The van der Waals surface area contributed by atoms with Gasteiger partial charge in [-0.05, 0) is 28.1 Å². The summed E-state index contributed by atoms with van der Waals surface area (Å²) >= 11 is 4.65. The van der Waals surface area contributed by atoms with Crippen LogP contribution in [0.3, 0.4) is 0 Å². The van der Waals surface area contributed by atoms with Crippen LogP contribution >= 0.6 is 27.5 Å². The number of hydrogen-bond acceptors (Lipinski definition) is 5. The largest absolute Gasteiger partial charge is 0.363 e. The van der Waals surface area contributed by atoms with Gasteiger partial charge in [-0.15, -0.1) is 0 Å². The molecule has 0 aliphatic heterocycles. The Morgan fingerprint density at radius 3 is 2.86 bits per heavy atom. The van der Waals surface area contributed by atoms with Gasteiger partial charge in [0.25, 0.3) is 0 Å². The van der Waals surface area contributed by atoms with Crippen LogP contribution in [0.25, 0.3) is 11.5 Å². The van der Waals surface area contributed by atoms with Crippen molar-refractivity contribution in [2.45, 2.75) is 0 Å². The average molecular weight is 271 g/mol. The molecular formula is C8H7BrN4S. The van der Waals surface area contributed by atoms with Crippen LogP contribution in [-0.4, -0.2) is 21.4 Å². The summed E-state index contributed by atoms with van der Waals surface area (Å²) in [6.45, 7) is 0. The monoisotopic (exact) mass is 270 g/mol. The van der Waals surface area contributed by atoms with Crippen LogP contribution < -0.4 is 5.32 Å². The first-order valence-electron chi connectivity index (χ1n) is 3.93. The van der Waals surface area contributed by atoms with Crippen molar-refractivity contribution >= 4 is 32.6 Å². The van der Waals surface area contributed by atoms with Gasteiger partial charge in [0.2, 0.25) is 5.13 Å². The molecule has 0 aliphatic rings. The molecule has 1 N–H and O–H groups in total. The lowest BCUT2D eigenvalue weighted by atomic mass is 10.3. The van der Waals surface area contributed by atoms with Crippen LogP contribution in [0.1, 0.15) is 0 Å². The molecule has 2 heterocycles. The Bertz CT molecular complexity index is 425. The fourth-order valence-electron chi connectivity index (χ4n) is 0.937. The SMILES string of the molecule is CNc1nc(-c2ccc(Br)cn2)ns1. The number of anilines is 1. The first-order valence-corrected chi connectivity index (χ1v) is 5.49. The first kappa shape index (κ1) is 9.54. The van der Waals surface area contributed by atoms with Gasteiger partial charge in [0.1, 0.15) is 5.69 Å². The summed E-state index contributed by atoms with van der Waals surface area (Å²) in [6, 6.07) is 3.80. The molecule has 2 aromatic heterocycles. The Morgan fingerprint density at radius 2 is 2.29 bits per heavy atom. The molecule has 0 aliphatic carbocycles. The Labute approximate surface area is 93.7 Å². The molecular weight excluding hydrogens is 264 g/mol. The maximum absolute atomic E-state index is 4.25. The molecule has 72 valence electrons. The quantitative estimate of drug-likeness (QED) is 0.911. The van der Waals surface area contributed by atoms with Crippen molar-refractivity contribution in [1.82, 2.24) is 14.3 Å². The van der Waals surface area contributed by atoms with Crippen molar-refractivity contribution in [3.05, 3.63) is 22.8 Å². The molecule has 14 heavy (non-hydrogen) atoms. The van der Waals surface area contributed by atoms with Crippen molar-refractivity contribution in [1.29, 1.82) is 0 Å². The van der Waals surface area contributed by atoms with Crippen LogP contribution in [0.5, 0.6) is 0 Å². The lowest BCUT2D eigenvalue weighted by Gasteiger charge is -1.93. The zero-order valence-corrected chi connectivity index (χ0v) is 9.76. The van der Waals surface area contributed by atoms with Crippen LogP contribution in [0, 0.1) is 0 Å². The van der Waals surface area contributed by atoms with E-state index >= 15 is 0 Å². The normalized spacial score (nSPS) is 10.1. The molecule has 0 fully saturated rings. The lowest BCUT2D eigenvalue weighted by Crippen LogP contribution is -1.87. The molecule has 4 nitrogen and oxygen atoms in total. The molecule has 0 saturated carbocycles. The van der Waals surface area contributed by atoms with E-state index in [0.717, 1.165) is 15.3 Å². The van der Waals surface area contributed by atoms with E-state index in [1.807, 2.05) is 19.2 Å². The number of hydrogen-bond donors (Lipinski definition) is 1. The smallest absolute Gasteiger partial charge is 0.202 e. The van der Waals surface area contributed by atoms with Crippen molar-refractivity contribution in [3.63, 3.8) is 0 Å². The summed E-state index contributed by atoms with van der Waals surface area (Å²) in [5, 5.41) is 3.73. The van der Waals surface area contributed by atoms with E-state index in [1.54, 1.807) is 6.20 Å². The predicted molar refractivity (Wildman–Crippen MR) is 60.4 cm³/mol. The Kier molecular flexibility index (Phi) is 2.74. The van der Waals surface area contributed by atoms with Crippen LogP contribution in [0.15, 0.2) is 22.8 Å². The summed E-state index contributed by atoms with van der Waals surface area (Å²) in [5.74, 6) is 0.659. The molecule has 0 spiro atoms. The number of halogens is 1. The van der Waals surface area contributed by atoms with Gasteiger partial charge in [0.05, 0.1) is 0 Å². The molecule has 0 atom stereocenters. The average Bonchev–Trinajstić information content (AvgIpc) is 2.67. The molecule has 0 saturated heterocycles. The van der Waals surface area contributed by atoms with Crippen molar-refractivity contribution in [2.75, 3.05) is 12.4 Å². The highest BCUT2D eigenvalue weighted by atomic mass is 79.9. The fraction of sp³-hybridized carbons (Fsp3) is 0.125. The lowest BCUT2D eigenvalue weighted by molar-refractivity contribution is 1.22. The number of rotatable bonds is 2. The van der Waals surface area contributed by atoms with Crippen LogP contribution in [0.4, 0.5) is 5.13 Å². The van der Waals surface area contributed by atoms with Crippen molar-refractivity contribution in [3.8, 4) is 11.5 Å². The van der Waals surface area contributed by atoms with Crippen LogP contribution in [-0.2, 0) is 0 Å². The Morgan fingerprint density at radius 1 is 1.43 bits per heavy atom. The van der Waals surface area contributed by atoms with Crippen LogP contribution in [0.2, 0.25) is 0 Å². The second-order valence-electron chi connectivity index (χ2n) is 2.53. The topological polar surface area (TPSA) is 50.7 Å². The molecule has 2 aromatic rings. The molecule has 0 aromatic carbocycles. The molecule has 0 radical (unpaired) electrons. The number of aromatic nitrogens is 3. The van der Waals surface area contributed by atoms with Gasteiger partial charge < -0.3 is 5.32 Å². The van der Waals surface area contributed by atoms with Gasteiger partial charge in [-0.25, -0.2) is 0 Å². The van der Waals surface area contributed by atoms with Gasteiger partial charge in [0.15, 0.2) is 5.82 Å². The highest BCUT2D eigenvalue weighted by Crippen LogP contribution is 2.19. The van der Waals surface area contributed by atoms with E-state index < -0.39 is 0 Å².